The first-order valence-corrected chi connectivity index (χ1v) is 10.5. The van der Waals surface area contributed by atoms with Gasteiger partial charge in [0, 0.05) is 29.8 Å². The standard InChI is InChI=1S/C24H33NO3S/c1-6-14-25-24(27)13-11-18(3)23(29)9-7-8-20(26)16-19(4)21-15-17(2)10-12-22(21)28-5/h10-12,15-16H,6-9,13-14H2,1-5H3,(H,25,27). The molecule has 1 aromatic carbocycles. The Labute approximate surface area is 180 Å². The zero-order chi connectivity index (χ0) is 21.8. The Bertz CT molecular complexity index is 793. The minimum Gasteiger partial charge on any atom is -0.496 e. The van der Waals surface area contributed by atoms with Crippen molar-refractivity contribution >= 4 is 34.3 Å². The second-order valence-corrected chi connectivity index (χ2v) is 7.71. The summed E-state index contributed by atoms with van der Waals surface area (Å²) in [5.74, 6) is 0.855. The smallest absolute Gasteiger partial charge is 0.223 e. The molecule has 0 bridgehead atoms. The van der Waals surface area contributed by atoms with Crippen LogP contribution in [0.1, 0.15) is 64.0 Å². The van der Waals surface area contributed by atoms with Crippen molar-refractivity contribution in [1.29, 1.82) is 0 Å². The molecule has 5 heteroatoms. The first-order chi connectivity index (χ1) is 13.8. The maximum Gasteiger partial charge on any atom is 0.223 e. The van der Waals surface area contributed by atoms with Gasteiger partial charge in [0.15, 0.2) is 5.78 Å². The second-order valence-electron chi connectivity index (χ2n) is 7.22. The Morgan fingerprint density at radius 3 is 2.59 bits per heavy atom. The van der Waals surface area contributed by atoms with Crippen LogP contribution < -0.4 is 10.1 Å². The van der Waals surface area contributed by atoms with Gasteiger partial charge >= 0.3 is 0 Å². The molecular weight excluding hydrogens is 382 g/mol. The van der Waals surface area contributed by atoms with Crippen LogP contribution in [-0.4, -0.2) is 30.2 Å². The number of hydrogen-bond donors (Lipinski definition) is 1. The zero-order valence-corrected chi connectivity index (χ0v) is 19.1. The number of carbonyl (C=O) groups is 2. The third-order valence-electron chi connectivity index (χ3n) is 4.59. The molecule has 1 rings (SSSR count). The molecule has 158 valence electrons. The van der Waals surface area contributed by atoms with Crippen LogP contribution in [0.3, 0.4) is 0 Å². The van der Waals surface area contributed by atoms with E-state index in [2.05, 4.69) is 5.32 Å². The van der Waals surface area contributed by atoms with E-state index in [4.69, 9.17) is 17.0 Å². The fourth-order valence-corrected chi connectivity index (χ4v) is 3.07. The zero-order valence-electron chi connectivity index (χ0n) is 18.3. The molecule has 0 heterocycles. The molecule has 1 N–H and O–H groups in total. The number of ether oxygens (including phenoxy) is 1. The van der Waals surface area contributed by atoms with Crippen molar-refractivity contribution in [3.8, 4) is 5.75 Å². The summed E-state index contributed by atoms with van der Waals surface area (Å²) in [7, 11) is 1.63. The Hall–Kier alpha value is -2.27. The van der Waals surface area contributed by atoms with Crippen LogP contribution in [0.5, 0.6) is 5.75 Å². The maximum atomic E-state index is 12.4. The monoisotopic (exact) mass is 415 g/mol. The van der Waals surface area contributed by atoms with Crippen molar-refractivity contribution in [2.75, 3.05) is 13.7 Å². The average molecular weight is 416 g/mol. The molecule has 0 spiro atoms. The summed E-state index contributed by atoms with van der Waals surface area (Å²) >= 11 is 5.44. The molecule has 0 aliphatic carbocycles. The van der Waals surface area contributed by atoms with E-state index in [-0.39, 0.29) is 11.7 Å². The number of hydrogen-bond acceptors (Lipinski definition) is 4. The predicted octanol–water partition coefficient (Wildman–Crippen LogP) is 5.38. The number of aryl methyl sites for hydroxylation is 1. The van der Waals surface area contributed by atoms with Crippen LogP contribution in [0.15, 0.2) is 35.9 Å². The van der Waals surface area contributed by atoms with E-state index in [0.717, 1.165) is 39.3 Å². The van der Waals surface area contributed by atoms with Gasteiger partial charge in [-0.2, -0.15) is 0 Å². The minimum absolute atomic E-state index is 0.0105. The van der Waals surface area contributed by atoms with Crippen LogP contribution in [0.2, 0.25) is 0 Å². The molecule has 0 radical (unpaired) electrons. The van der Waals surface area contributed by atoms with Gasteiger partial charge in [-0.1, -0.05) is 36.8 Å². The van der Waals surface area contributed by atoms with Crippen molar-refractivity contribution in [3.63, 3.8) is 0 Å². The van der Waals surface area contributed by atoms with Gasteiger partial charge < -0.3 is 10.1 Å². The molecule has 0 aliphatic rings. The summed E-state index contributed by atoms with van der Waals surface area (Å²) in [4.78, 5) is 24.8. The lowest BCUT2D eigenvalue weighted by atomic mass is 10.0. The fourth-order valence-electron chi connectivity index (χ4n) is 2.84. The number of nitrogens with one attached hydrogen (secondary N) is 1. The number of benzene rings is 1. The lowest BCUT2D eigenvalue weighted by Crippen LogP contribution is -2.23. The quantitative estimate of drug-likeness (QED) is 0.368. The number of ketones is 1. The van der Waals surface area contributed by atoms with Gasteiger partial charge in [-0.3, -0.25) is 9.59 Å². The Morgan fingerprint density at radius 2 is 1.93 bits per heavy atom. The number of thiocarbonyl (C=S) groups is 1. The fraction of sp³-hybridized carbons (Fsp3) is 0.458. The number of carbonyl (C=O) groups excluding carboxylic acids is 2. The maximum absolute atomic E-state index is 12.4. The van der Waals surface area contributed by atoms with Gasteiger partial charge in [0.1, 0.15) is 5.75 Å². The van der Waals surface area contributed by atoms with E-state index in [1.807, 2.05) is 52.0 Å². The van der Waals surface area contributed by atoms with Crippen LogP contribution in [0, 0.1) is 6.92 Å². The van der Waals surface area contributed by atoms with Crippen molar-refractivity contribution in [1.82, 2.24) is 5.32 Å². The van der Waals surface area contributed by atoms with Crippen LogP contribution in [-0.2, 0) is 9.59 Å². The number of amides is 1. The van der Waals surface area contributed by atoms with Gasteiger partial charge in [0.2, 0.25) is 5.91 Å². The molecular formula is C24H33NO3S. The van der Waals surface area contributed by atoms with E-state index < -0.39 is 0 Å². The lowest BCUT2D eigenvalue weighted by molar-refractivity contribution is -0.120. The molecule has 0 saturated carbocycles. The topological polar surface area (TPSA) is 55.4 Å². The molecule has 1 amide bonds. The van der Waals surface area contributed by atoms with Crippen molar-refractivity contribution < 1.29 is 14.3 Å². The van der Waals surface area contributed by atoms with E-state index in [1.165, 1.54) is 0 Å². The Balaban J connectivity index is 2.54. The summed E-state index contributed by atoms with van der Waals surface area (Å²) in [6.45, 7) is 8.58. The summed E-state index contributed by atoms with van der Waals surface area (Å²) in [5.41, 5.74) is 3.90. The number of methoxy groups -OCH3 is 1. The Morgan fingerprint density at radius 1 is 1.21 bits per heavy atom. The highest BCUT2D eigenvalue weighted by molar-refractivity contribution is 7.80. The van der Waals surface area contributed by atoms with Crippen molar-refractivity contribution in [3.05, 3.63) is 47.1 Å². The molecule has 0 saturated heterocycles. The molecule has 4 nitrogen and oxygen atoms in total. The van der Waals surface area contributed by atoms with E-state index >= 15 is 0 Å². The predicted molar refractivity (Wildman–Crippen MR) is 125 cm³/mol. The molecule has 0 aromatic heterocycles. The number of allylic oxidation sites excluding steroid dienone is 3. The van der Waals surface area contributed by atoms with Gasteiger partial charge in [-0.25, -0.2) is 0 Å². The first kappa shape index (κ1) is 24.8. The lowest BCUT2D eigenvalue weighted by Gasteiger charge is -2.10. The summed E-state index contributed by atoms with van der Waals surface area (Å²) < 4.78 is 5.40. The van der Waals surface area contributed by atoms with Crippen LogP contribution in [0.4, 0.5) is 0 Å². The highest BCUT2D eigenvalue weighted by atomic mass is 32.1. The summed E-state index contributed by atoms with van der Waals surface area (Å²) in [5, 5.41) is 2.84. The first-order valence-electron chi connectivity index (χ1n) is 10.1. The SMILES string of the molecule is CCCNC(=O)CC=C(C)C(=S)CCCC(=O)C=C(C)c1cc(C)ccc1OC. The molecule has 0 aliphatic heterocycles. The molecule has 29 heavy (non-hydrogen) atoms. The molecule has 0 fully saturated rings. The summed E-state index contributed by atoms with van der Waals surface area (Å²) in [6, 6.07) is 5.93. The van der Waals surface area contributed by atoms with E-state index in [0.29, 0.717) is 32.2 Å². The third-order valence-corrected chi connectivity index (χ3v) is 5.12. The van der Waals surface area contributed by atoms with Gasteiger partial charge in [0.25, 0.3) is 0 Å². The molecule has 0 atom stereocenters. The van der Waals surface area contributed by atoms with E-state index in [9.17, 15) is 9.59 Å². The van der Waals surface area contributed by atoms with Crippen LogP contribution in [0.25, 0.3) is 5.57 Å². The average Bonchev–Trinajstić information content (AvgIpc) is 2.70. The third kappa shape index (κ3) is 9.18. The van der Waals surface area contributed by atoms with Crippen molar-refractivity contribution in [2.45, 2.75) is 59.8 Å². The number of rotatable bonds is 12. The molecule has 1 aromatic rings. The second kappa shape index (κ2) is 13.0. The van der Waals surface area contributed by atoms with Gasteiger partial charge in [-0.05, 0) is 69.4 Å². The Kier molecular flexibility index (Phi) is 11.1. The van der Waals surface area contributed by atoms with Gasteiger partial charge in [-0.15, -0.1) is 0 Å². The molecule has 0 unspecified atom stereocenters. The van der Waals surface area contributed by atoms with Crippen molar-refractivity contribution in [2.24, 2.45) is 0 Å². The largest absolute Gasteiger partial charge is 0.496 e. The van der Waals surface area contributed by atoms with Gasteiger partial charge in [0.05, 0.1) is 7.11 Å². The van der Waals surface area contributed by atoms with Crippen LogP contribution >= 0.6 is 12.2 Å². The highest BCUT2D eigenvalue weighted by Crippen LogP contribution is 2.27. The van der Waals surface area contributed by atoms with E-state index in [1.54, 1.807) is 13.2 Å². The minimum atomic E-state index is 0.0105. The summed E-state index contributed by atoms with van der Waals surface area (Å²) in [6.07, 6.45) is 6.61. The highest BCUT2D eigenvalue weighted by Gasteiger charge is 2.08. The normalized spacial score (nSPS) is 11.9.